The zero-order valence-corrected chi connectivity index (χ0v) is 11.2. The van der Waals surface area contributed by atoms with E-state index in [0.717, 1.165) is 12.7 Å². The third kappa shape index (κ3) is 6.96. The van der Waals surface area contributed by atoms with E-state index in [4.69, 9.17) is 0 Å². The van der Waals surface area contributed by atoms with Gasteiger partial charge in [-0.1, -0.05) is 6.07 Å². The Morgan fingerprint density at radius 1 is 1.35 bits per heavy atom. The summed E-state index contributed by atoms with van der Waals surface area (Å²) >= 11 is 1.64. The van der Waals surface area contributed by atoms with Crippen molar-refractivity contribution in [2.75, 3.05) is 25.1 Å². The lowest BCUT2D eigenvalue weighted by Crippen LogP contribution is -2.38. The fraction of sp³-hybridized carbons (Fsp3) is 0.500. The van der Waals surface area contributed by atoms with E-state index in [1.165, 1.54) is 4.88 Å². The summed E-state index contributed by atoms with van der Waals surface area (Å²) < 4.78 is 21.6. The summed E-state index contributed by atoms with van der Waals surface area (Å²) in [5.74, 6) is -0.0364. The van der Waals surface area contributed by atoms with E-state index in [1.54, 1.807) is 11.3 Å². The summed E-state index contributed by atoms with van der Waals surface area (Å²) in [6, 6.07) is 3.64. The number of nitrogens with one attached hydrogen (secondary N) is 2. The van der Waals surface area contributed by atoms with Crippen molar-refractivity contribution in [1.82, 2.24) is 10.6 Å². The van der Waals surface area contributed by atoms with E-state index < -0.39 is 9.84 Å². The molecule has 0 saturated heterocycles. The molecule has 0 bridgehead atoms. The van der Waals surface area contributed by atoms with Gasteiger partial charge in [0.15, 0.2) is 0 Å². The smallest absolute Gasteiger partial charge is 0.314 e. The van der Waals surface area contributed by atoms with Crippen LogP contribution >= 0.6 is 11.3 Å². The molecular formula is C10H16N2O3S2. The topological polar surface area (TPSA) is 75.3 Å². The Labute approximate surface area is 105 Å². The Kier molecular flexibility index (Phi) is 5.43. The van der Waals surface area contributed by atoms with Gasteiger partial charge in [-0.15, -0.1) is 11.3 Å². The first-order valence-electron chi connectivity index (χ1n) is 5.19. The molecule has 2 N–H and O–H groups in total. The zero-order valence-electron chi connectivity index (χ0n) is 9.60. The van der Waals surface area contributed by atoms with Gasteiger partial charge in [-0.2, -0.15) is 0 Å². The summed E-state index contributed by atoms with van der Waals surface area (Å²) in [6.45, 7) is 0.689. The van der Waals surface area contributed by atoms with Gasteiger partial charge in [0, 0.05) is 24.2 Å². The van der Waals surface area contributed by atoms with Crippen LogP contribution in [0.1, 0.15) is 4.88 Å². The highest BCUT2D eigenvalue weighted by atomic mass is 32.2. The average molecular weight is 276 g/mol. The number of urea groups is 1. The third-order valence-corrected chi connectivity index (χ3v) is 3.88. The van der Waals surface area contributed by atoms with Crippen LogP contribution < -0.4 is 10.6 Å². The summed E-state index contributed by atoms with van der Waals surface area (Å²) in [6.07, 6.45) is 1.93. The number of carbonyl (C=O) groups is 1. The van der Waals surface area contributed by atoms with Crippen molar-refractivity contribution in [3.05, 3.63) is 22.4 Å². The number of rotatable bonds is 6. The average Bonchev–Trinajstić information content (AvgIpc) is 2.68. The van der Waals surface area contributed by atoms with Crippen molar-refractivity contribution in [1.29, 1.82) is 0 Å². The van der Waals surface area contributed by atoms with Gasteiger partial charge in [0.2, 0.25) is 0 Å². The number of thiophene rings is 1. The van der Waals surface area contributed by atoms with Gasteiger partial charge < -0.3 is 10.6 Å². The molecule has 0 spiro atoms. The minimum Gasteiger partial charge on any atom is -0.338 e. The Morgan fingerprint density at radius 3 is 2.65 bits per heavy atom. The van der Waals surface area contributed by atoms with Gasteiger partial charge in [-0.3, -0.25) is 0 Å². The summed E-state index contributed by atoms with van der Waals surface area (Å²) in [5.41, 5.74) is 0. The maximum Gasteiger partial charge on any atom is 0.314 e. The Bertz CT molecular complexity index is 440. The molecule has 0 radical (unpaired) electrons. The molecule has 0 aromatic carbocycles. The van der Waals surface area contributed by atoms with E-state index in [0.29, 0.717) is 6.54 Å². The molecule has 1 rings (SSSR count). The van der Waals surface area contributed by atoms with Crippen LogP contribution in [-0.2, 0) is 16.3 Å². The van der Waals surface area contributed by atoms with Gasteiger partial charge in [-0.25, -0.2) is 13.2 Å². The minimum absolute atomic E-state index is 0.0364. The van der Waals surface area contributed by atoms with E-state index in [9.17, 15) is 13.2 Å². The number of hydrogen-bond donors (Lipinski definition) is 2. The lowest BCUT2D eigenvalue weighted by atomic mass is 10.3. The molecule has 0 aliphatic heterocycles. The standard InChI is InChI=1S/C10H16N2O3S2/c1-17(14,15)8-6-12-10(13)11-5-4-9-3-2-7-16-9/h2-3,7H,4-6,8H2,1H3,(H2,11,12,13). The fourth-order valence-electron chi connectivity index (χ4n) is 1.17. The molecule has 1 aromatic heterocycles. The molecule has 1 heterocycles. The van der Waals surface area contributed by atoms with E-state index >= 15 is 0 Å². The van der Waals surface area contributed by atoms with Crippen molar-refractivity contribution in [2.24, 2.45) is 0 Å². The predicted octanol–water partition coefficient (Wildman–Crippen LogP) is 0.634. The fourth-order valence-corrected chi connectivity index (χ4v) is 2.35. The number of carbonyl (C=O) groups excluding carboxylic acids is 1. The van der Waals surface area contributed by atoms with Gasteiger partial charge in [0.25, 0.3) is 0 Å². The SMILES string of the molecule is CS(=O)(=O)CCNC(=O)NCCc1cccs1. The molecule has 0 atom stereocenters. The van der Waals surface area contributed by atoms with E-state index in [-0.39, 0.29) is 18.3 Å². The van der Waals surface area contributed by atoms with Crippen LogP contribution in [0.15, 0.2) is 17.5 Å². The molecule has 2 amide bonds. The summed E-state index contributed by atoms with van der Waals surface area (Å²) in [4.78, 5) is 12.5. The summed E-state index contributed by atoms with van der Waals surface area (Å²) in [7, 11) is -3.02. The highest BCUT2D eigenvalue weighted by Gasteiger charge is 2.04. The quantitative estimate of drug-likeness (QED) is 0.800. The van der Waals surface area contributed by atoms with Crippen LogP contribution in [0.2, 0.25) is 0 Å². The number of sulfone groups is 1. The molecule has 0 unspecified atom stereocenters. The molecule has 96 valence electrons. The van der Waals surface area contributed by atoms with Gasteiger partial charge >= 0.3 is 6.03 Å². The summed E-state index contributed by atoms with van der Waals surface area (Å²) in [5, 5.41) is 7.15. The van der Waals surface area contributed by atoms with Crippen LogP contribution in [0.5, 0.6) is 0 Å². The molecule has 17 heavy (non-hydrogen) atoms. The molecule has 5 nitrogen and oxygen atoms in total. The second kappa shape index (κ2) is 6.61. The number of amides is 2. The van der Waals surface area contributed by atoms with Crippen molar-refractivity contribution >= 4 is 27.2 Å². The first-order valence-corrected chi connectivity index (χ1v) is 8.13. The van der Waals surface area contributed by atoms with Gasteiger partial charge in [0.1, 0.15) is 9.84 Å². The Balaban J connectivity index is 2.09. The van der Waals surface area contributed by atoms with Crippen LogP contribution in [0, 0.1) is 0 Å². The van der Waals surface area contributed by atoms with Gasteiger partial charge in [0.05, 0.1) is 5.75 Å². The maximum atomic E-state index is 11.2. The molecule has 7 heteroatoms. The monoisotopic (exact) mass is 276 g/mol. The molecule has 1 aromatic rings. The number of hydrogen-bond acceptors (Lipinski definition) is 4. The molecule has 0 saturated carbocycles. The van der Waals surface area contributed by atoms with Crippen molar-refractivity contribution < 1.29 is 13.2 Å². The minimum atomic E-state index is -3.02. The second-order valence-corrected chi connectivity index (χ2v) is 6.93. The van der Waals surface area contributed by atoms with Crippen LogP contribution in [-0.4, -0.2) is 39.5 Å². The first kappa shape index (κ1) is 14.0. The predicted molar refractivity (Wildman–Crippen MR) is 69.1 cm³/mol. The van der Waals surface area contributed by atoms with Crippen LogP contribution in [0.4, 0.5) is 4.79 Å². The third-order valence-electron chi connectivity index (χ3n) is 2.00. The van der Waals surface area contributed by atoms with Crippen molar-refractivity contribution in [3.63, 3.8) is 0 Å². The lowest BCUT2D eigenvalue weighted by molar-refractivity contribution is 0.241. The first-order chi connectivity index (χ1) is 7.97. The molecule has 0 aliphatic rings. The van der Waals surface area contributed by atoms with Crippen LogP contribution in [0.3, 0.4) is 0 Å². The lowest BCUT2D eigenvalue weighted by Gasteiger charge is -2.06. The van der Waals surface area contributed by atoms with E-state index in [1.807, 2.05) is 17.5 Å². The largest absolute Gasteiger partial charge is 0.338 e. The highest BCUT2D eigenvalue weighted by Crippen LogP contribution is 2.07. The maximum absolute atomic E-state index is 11.2. The molecule has 0 fully saturated rings. The van der Waals surface area contributed by atoms with Crippen LogP contribution in [0.25, 0.3) is 0 Å². The Morgan fingerprint density at radius 2 is 2.06 bits per heavy atom. The zero-order chi connectivity index (χ0) is 12.7. The Hall–Kier alpha value is -1.08. The molecule has 0 aliphatic carbocycles. The van der Waals surface area contributed by atoms with Crippen molar-refractivity contribution in [2.45, 2.75) is 6.42 Å². The second-order valence-electron chi connectivity index (χ2n) is 3.64. The highest BCUT2D eigenvalue weighted by molar-refractivity contribution is 7.90. The molecular weight excluding hydrogens is 260 g/mol. The van der Waals surface area contributed by atoms with Gasteiger partial charge in [-0.05, 0) is 17.9 Å². The van der Waals surface area contributed by atoms with E-state index in [2.05, 4.69) is 10.6 Å². The normalized spacial score (nSPS) is 11.1. The van der Waals surface area contributed by atoms with Crippen molar-refractivity contribution in [3.8, 4) is 0 Å².